The molecular formula is C14H10Cl2F3N. The molecule has 0 atom stereocenters. The Hall–Kier alpha value is -1.39. The van der Waals surface area contributed by atoms with Crippen molar-refractivity contribution in [3.05, 3.63) is 63.6 Å². The lowest BCUT2D eigenvalue weighted by Crippen LogP contribution is -2.06. The largest absolute Gasteiger partial charge is 0.416 e. The molecule has 0 unspecified atom stereocenters. The normalized spacial score (nSPS) is 11.4. The topological polar surface area (TPSA) is 12.0 Å². The van der Waals surface area contributed by atoms with E-state index in [1.807, 2.05) is 0 Å². The van der Waals surface area contributed by atoms with Crippen molar-refractivity contribution in [2.75, 3.05) is 5.32 Å². The van der Waals surface area contributed by atoms with Crippen molar-refractivity contribution in [3.63, 3.8) is 0 Å². The van der Waals surface area contributed by atoms with E-state index in [2.05, 4.69) is 5.32 Å². The molecule has 20 heavy (non-hydrogen) atoms. The Balaban J connectivity index is 2.11. The van der Waals surface area contributed by atoms with Gasteiger partial charge in [0.2, 0.25) is 0 Å². The number of hydrogen-bond donors (Lipinski definition) is 1. The lowest BCUT2D eigenvalue weighted by atomic mass is 10.2. The van der Waals surface area contributed by atoms with Gasteiger partial charge in [0.1, 0.15) is 0 Å². The molecule has 0 saturated heterocycles. The van der Waals surface area contributed by atoms with Crippen molar-refractivity contribution in [1.29, 1.82) is 0 Å². The monoisotopic (exact) mass is 319 g/mol. The molecule has 106 valence electrons. The summed E-state index contributed by atoms with van der Waals surface area (Å²) in [6.45, 7) is 0.335. The highest BCUT2D eigenvalue weighted by Crippen LogP contribution is 2.30. The fraction of sp³-hybridized carbons (Fsp3) is 0.143. The quantitative estimate of drug-likeness (QED) is 0.773. The lowest BCUT2D eigenvalue weighted by Gasteiger charge is -2.11. The summed E-state index contributed by atoms with van der Waals surface area (Å²) in [5, 5.41) is 3.88. The van der Waals surface area contributed by atoms with Gasteiger partial charge in [-0.25, -0.2) is 0 Å². The molecule has 6 heteroatoms. The van der Waals surface area contributed by atoms with E-state index >= 15 is 0 Å². The average Bonchev–Trinajstić information content (AvgIpc) is 2.35. The van der Waals surface area contributed by atoms with Crippen LogP contribution in [0, 0.1) is 0 Å². The smallest absolute Gasteiger partial charge is 0.381 e. The molecule has 0 aromatic heterocycles. The molecule has 2 aromatic carbocycles. The van der Waals surface area contributed by atoms with Crippen LogP contribution in [0.25, 0.3) is 0 Å². The molecule has 0 bridgehead atoms. The van der Waals surface area contributed by atoms with Crippen LogP contribution in [-0.4, -0.2) is 0 Å². The Bertz CT molecular complexity index is 591. The van der Waals surface area contributed by atoms with Gasteiger partial charge in [-0.3, -0.25) is 0 Å². The minimum absolute atomic E-state index is 0.335. The standard InChI is InChI=1S/C14H10Cl2F3N/c15-11-4-9(5-12(16)7-11)8-20-13-3-1-2-10(6-13)14(17,18)19/h1-7,20H,8H2. The second kappa shape index (κ2) is 5.94. The lowest BCUT2D eigenvalue weighted by molar-refractivity contribution is -0.137. The summed E-state index contributed by atoms with van der Waals surface area (Å²) in [4.78, 5) is 0. The average molecular weight is 320 g/mol. The van der Waals surface area contributed by atoms with Crippen molar-refractivity contribution in [2.24, 2.45) is 0 Å². The van der Waals surface area contributed by atoms with Crippen LogP contribution in [0.2, 0.25) is 10.0 Å². The second-order valence-corrected chi connectivity index (χ2v) is 5.08. The zero-order valence-corrected chi connectivity index (χ0v) is 11.7. The first kappa shape index (κ1) is 15.0. The summed E-state index contributed by atoms with van der Waals surface area (Å²) in [6.07, 6.45) is -4.35. The summed E-state index contributed by atoms with van der Waals surface area (Å²) in [5.41, 5.74) is 0.488. The maximum absolute atomic E-state index is 12.6. The van der Waals surface area contributed by atoms with Gasteiger partial charge in [0.25, 0.3) is 0 Å². The minimum Gasteiger partial charge on any atom is -0.381 e. The molecule has 0 amide bonds. The summed E-state index contributed by atoms with van der Waals surface area (Å²) in [7, 11) is 0. The van der Waals surface area contributed by atoms with Gasteiger partial charge in [0.15, 0.2) is 0 Å². The van der Waals surface area contributed by atoms with Crippen LogP contribution in [-0.2, 0) is 12.7 Å². The Morgan fingerprint density at radius 1 is 0.950 bits per heavy atom. The van der Waals surface area contributed by atoms with E-state index in [0.29, 0.717) is 22.3 Å². The number of anilines is 1. The van der Waals surface area contributed by atoms with Crippen molar-refractivity contribution >= 4 is 28.9 Å². The van der Waals surface area contributed by atoms with Gasteiger partial charge in [-0.05, 0) is 42.0 Å². The van der Waals surface area contributed by atoms with E-state index in [1.54, 1.807) is 24.3 Å². The van der Waals surface area contributed by atoms with E-state index in [-0.39, 0.29) is 0 Å². The zero-order valence-electron chi connectivity index (χ0n) is 10.1. The number of alkyl halides is 3. The van der Waals surface area contributed by atoms with Gasteiger partial charge in [-0.2, -0.15) is 13.2 Å². The van der Waals surface area contributed by atoms with E-state index in [9.17, 15) is 13.2 Å². The van der Waals surface area contributed by atoms with Gasteiger partial charge < -0.3 is 5.32 Å². The predicted octanol–water partition coefficient (Wildman–Crippen LogP) is 5.62. The Morgan fingerprint density at radius 2 is 1.60 bits per heavy atom. The Kier molecular flexibility index (Phi) is 4.45. The molecule has 1 N–H and O–H groups in total. The summed E-state index contributed by atoms with van der Waals surface area (Å²) < 4.78 is 37.7. The molecule has 0 aliphatic carbocycles. The van der Waals surface area contributed by atoms with Crippen LogP contribution in [0.1, 0.15) is 11.1 Å². The fourth-order valence-electron chi connectivity index (χ4n) is 1.72. The third-order valence-corrected chi connectivity index (χ3v) is 3.05. The molecule has 0 saturated carbocycles. The number of hydrogen-bond acceptors (Lipinski definition) is 1. The Morgan fingerprint density at radius 3 is 2.20 bits per heavy atom. The number of nitrogens with one attached hydrogen (secondary N) is 1. The van der Waals surface area contributed by atoms with Gasteiger partial charge in [-0.1, -0.05) is 29.3 Å². The Labute approximate surface area is 124 Å². The molecular weight excluding hydrogens is 310 g/mol. The van der Waals surface area contributed by atoms with Gasteiger partial charge in [0, 0.05) is 22.3 Å². The fourth-order valence-corrected chi connectivity index (χ4v) is 2.29. The van der Waals surface area contributed by atoms with Gasteiger partial charge in [0.05, 0.1) is 5.56 Å². The molecule has 0 aliphatic heterocycles. The molecule has 0 fully saturated rings. The highest BCUT2D eigenvalue weighted by molar-refractivity contribution is 6.34. The third-order valence-electron chi connectivity index (χ3n) is 2.61. The van der Waals surface area contributed by atoms with Crippen LogP contribution in [0.3, 0.4) is 0 Å². The first-order chi connectivity index (χ1) is 9.34. The maximum Gasteiger partial charge on any atom is 0.416 e. The molecule has 2 rings (SSSR count). The maximum atomic E-state index is 12.6. The van der Waals surface area contributed by atoms with Crippen molar-refractivity contribution < 1.29 is 13.2 Å². The predicted molar refractivity (Wildman–Crippen MR) is 75.2 cm³/mol. The highest BCUT2D eigenvalue weighted by Gasteiger charge is 2.30. The second-order valence-electron chi connectivity index (χ2n) is 4.21. The van der Waals surface area contributed by atoms with Crippen LogP contribution in [0.4, 0.5) is 18.9 Å². The SMILES string of the molecule is FC(F)(F)c1cccc(NCc2cc(Cl)cc(Cl)c2)c1. The molecule has 2 aromatic rings. The zero-order chi connectivity index (χ0) is 14.8. The molecule has 0 spiro atoms. The summed E-state index contributed by atoms with van der Waals surface area (Å²) >= 11 is 11.7. The van der Waals surface area contributed by atoms with Crippen molar-refractivity contribution in [3.8, 4) is 0 Å². The van der Waals surface area contributed by atoms with Gasteiger partial charge >= 0.3 is 6.18 Å². The van der Waals surface area contributed by atoms with E-state index in [4.69, 9.17) is 23.2 Å². The summed E-state index contributed by atoms with van der Waals surface area (Å²) in [5.74, 6) is 0. The first-order valence-electron chi connectivity index (χ1n) is 5.71. The highest BCUT2D eigenvalue weighted by atomic mass is 35.5. The van der Waals surface area contributed by atoms with E-state index in [1.165, 1.54) is 6.07 Å². The number of rotatable bonds is 3. The summed E-state index contributed by atoms with van der Waals surface area (Å²) in [6, 6.07) is 10.0. The molecule has 1 nitrogen and oxygen atoms in total. The molecule has 0 heterocycles. The minimum atomic E-state index is -4.35. The van der Waals surface area contributed by atoms with E-state index < -0.39 is 11.7 Å². The van der Waals surface area contributed by atoms with Crippen LogP contribution >= 0.6 is 23.2 Å². The van der Waals surface area contributed by atoms with Crippen LogP contribution in [0.15, 0.2) is 42.5 Å². The van der Waals surface area contributed by atoms with Crippen LogP contribution in [0.5, 0.6) is 0 Å². The number of benzene rings is 2. The van der Waals surface area contributed by atoms with Crippen molar-refractivity contribution in [1.82, 2.24) is 0 Å². The molecule has 0 aliphatic rings. The van der Waals surface area contributed by atoms with Crippen molar-refractivity contribution in [2.45, 2.75) is 12.7 Å². The molecule has 0 radical (unpaired) electrons. The van der Waals surface area contributed by atoms with Gasteiger partial charge in [-0.15, -0.1) is 0 Å². The number of halogens is 5. The van der Waals surface area contributed by atoms with Crippen LogP contribution < -0.4 is 5.32 Å². The first-order valence-corrected chi connectivity index (χ1v) is 6.46. The van der Waals surface area contributed by atoms with E-state index in [0.717, 1.165) is 17.7 Å². The third kappa shape index (κ3) is 4.05.